The van der Waals surface area contributed by atoms with Crippen molar-refractivity contribution in [2.45, 2.75) is 46.1 Å². The molecule has 6 heteroatoms. The van der Waals surface area contributed by atoms with E-state index >= 15 is 0 Å². The van der Waals surface area contributed by atoms with Gasteiger partial charge in [0.1, 0.15) is 0 Å². The number of nitrogens with zero attached hydrogens (tertiary/aromatic N) is 3. The molecule has 1 saturated heterocycles. The minimum Gasteiger partial charge on any atom is -0.368 e. The molecular formula is C27H36N4O2. The molecule has 0 aromatic heterocycles. The number of anilines is 2. The molecule has 4 rings (SSSR count). The number of amides is 2. The highest BCUT2D eigenvalue weighted by atomic mass is 16.2. The number of benzene rings is 2. The number of carbonyl (C=O) groups excluding carboxylic acids is 2. The first kappa shape index (κ1) is 23.3. The van der Waals surface area contributed by atoms with Crippen LogP contribution in [0.3, 0.4) is 0 Å². The number of carbonyl (C=O) groups is 2. The highest BCUT2D eigenvalue weighted by molar-refractivity contribution is 5.93. The van der Waals surface area contributed by atoms with Crippen molar-refractivity contribution in [3.63, 3.8) is 0 Å². The van der Waals surface area contributed by atoms with Crippen LogP contribution in [0.1, 0.15) is 36.0 Å². The van der Waals surface area contributed by atoms with E-state index in [0.717, 1.165) is 55.8 Å². The van der Waals surface area contributed by atoms with E-state index in [1.165, 1.54) is 11.3 Å². The molecule has 2 amide bonds. The predicted molar refractivity (Wildman–Crippen MR) is 134 cm³/mol. The summed E-state index contributed by atoms with van der Waals surface area (Å²) >= 11 is 0. The van der Waals surface area contributed by atoms with Gasteiger partial charge in [0.25, 0.3) is 0 Å². The van der Waals surface area contributed by atoms with Gasteiger partial charge >= 0.3 is 0 Å². The summed E-state index contributed by atoms with van der Waals surface area (Å²) in [6, 6.07) is 15.0. The van der Waals surface area contributed by atoms with Crippen molar-refractivity contribution in [1.29, 1.82) is 0 Å². The molecule has 0 atom stereocenters. The smallest absolute Gasteiger partial charge is 0.238 e. The summed E-state index contributed by atoms with van der Waals surface area (Å²) in [5.41, 5.74) is 5.54. The fourth-order valence-corrected chi connectivity index (χ4v) is 4.64. The lowest BCUT2D eigenvalue weighted by Gasteiger charge is -2.36. The fraction of sp³-hybridized carbons (Fsp3) is 0.481. The van der Waals surface area contributed by atoms with E-state index < -0.39 is 0 Å². The van der Waals surface area contributed by atoms with E-state index in [4.69, 9.17) is 0 Å². The third-order valence-electron chi connectivity index (χ3n) is 6.77. The number of rotatable bonds is 8. The zero-order valence-corrected chi connectivity index (χ0v) is 20.1. The van der Waals surface area contributed by atoms with Crippen LogP contribution in [0.15, 0.2) is 42.5 Å². The van der Waals surface area contributed by atoms with Gasteiger partial charge in [-0.3, -0.25) is 14.5 Å². The van der Waals surface area contributed by atoms with Crippen molar-refractivity contribution in [1.82, 2.24) is 9.80 Å². The van der Waals surface area contributed by atoms with Crippen molar-refractivity contribution in [2.24, 2.45) is 0 Å². The van der Waals surface area contributed by atoms with Gasteiger partial charge in [0.2, 0.25) is 11.8 Å². The third-order valence-corrected chi connectivity index (χ3v) is 6.77. The zero-order valence-electron chi connectivity index (χ0n) is 20.1. The van der Waals surface area contributed by atoms with Crippen LogP contribution in [0.5, 0.6) is 0 Å². The first-order valence-electron chi connectivity index (χ1n) is 12.1. The Morgan fingerprint density at radius 3 is 2.27 bits per heavy atom. The molecule has 6 nitrogen and oxygen atoms in total. The second-order valence-electron chi connectivity index (χ2n) is 9.47. The molecule has 33 heavy (non-hydrogen) atoms. The largest absolute Gasteiger partial charge is 0.368 e. The van der Waals surface area contributed by atoms with Gasteiger partial charge in [0.05, 0.1) is 6.54 Å². The van der Waals surface area contributed by atoms with Gasteiger partial charge < -0.3 is 15.1 Å². The maximum absolute atomic E-state index is 12.9. The summed E-state index contributed by atoms with van der Waals surface area (Å²) in [5, 5.41) is 3.09. The number of aryl methyl sites for hydroxylation is 3. The van der Waals surface area contributed by atoms with Crippen LogP contribution in [-0.2, 0) is 9.59 Å². The molecule has 2 fully saturated rings. The molecule has 1 saturated carbocycles. The van der Waals surface area contributed by atoms with Crippen LogP contribution in [0.4, 0.5) is 11.4 Å². The van der Waals surface area contributed by atoms with Gasteiger partial charge in [-0.1, -0.05) is 30.3 Å². The van der Waals surface area contributed by atoms with Gasteiger partial charge in [-0.15, -0.1) is 0 Å². The predicted octanol–water partition coefficient (Wildman–Crippen LogP) is 3.75. The molecule has 176 valence electrons. The van der Waals surface area contributed by atoms with Gasteiger partial charge in [0.15, 0.2) is 0 Å². The summed E-state index contributed by atoms with van der Waals surface area (Å²) in [5.74, 6) is 0.193. The van der Waals surface area contributed by atoms with Crippen molar-refractivity contribution >= 4 is 23.2 Å². The number of hydrogen-bond acceptors (Lipinski definition) is 4. The van der Waals surface area contributed by atoms with Crippen LogP contribution in [0.2, 0.25) is 0 Å². The summed E-state index contributed by atoms with van der Waals surface area (Å²) in [6.45, 7) is 10.3. The summed E-state index contributed by atoms with van der Waals surface area (Å²) in [7, 11) is 0. The van der Waals surface area contributed by atoms with Crippen LogP contribution in [0.25, 0.3) is 0 Å². The Labute approximate surface area is 197 Å². The lowest BCUT2D eigenvalue weighted by Crippen LogP contribution is -2.49. The Kier molecular flexibility index (Phi) is 7.33. The van der Waals surface area contributed by atoms with Crippen LogP contribution in [0, 0.1) is 20.8 Å². The van der Waals surface area contributed by atoms with Gasteiger partial charge in [-0.25, -0.2) is 0 Å². The average Bonchev–Trinajstić information content (AvgIpc) is 3.64. The Morgan fingerprint density at radius 2 is 1.64 bits per heavy atom. The maximum atomic E-state index is 12.9. The van der Waals surface area contributed by atoms with Gasteiger partial charge in [-0.05, 0) is 62.4 Å². The molecule has 0 spiro atoms. The first-order chi connectivity index (χ1) is 15.9. The minimum atomic E-state index is -0.00137. The molecule has 1 aliphatic carbocycles. The second kappa shape index (κ2) is 10.4. The minimum absolute atomic E-state index is 0.00137. The molecule has 1 N–H and O–H groups in total. The molecule has 1 heterocycles. The van der Waals surface area contributed by atoms with E-state index in [1.807, 2.05) is 36.9 Å². The number of hydrogen-bond donors (Lipinski definition) is 1. The quantitative estimate of drug-likeness (QED) is 0.668. The summed E-state index contributed by atoms with van der Waals surface area (Å²) in [6.07, 6.45) is 2.69. The van der Waals surface area contributed by atoms with Crippen molar-refractivity contribution < 1.29 is 9.59 Å². The second-order valence-corrected chi connectivity index (χ2v) is 9.47. The molecule has 0 radical (unpaired) electrons. The third kappa shape index (κ3) is 6.14. The maximum Gasteiger partial charge on any atom is 0.238 e. The average molecular weight is 449 g/mol. The van der Waals surface area contributed by atoms with Crippen molar-refractivity contribution in [2.75, 3.05) is 49.5 Å². The van der Waals surface area contributed by atoms with E-state index in [-0.39, 0.29) is 11.8 Å². The Hall–Kier alpha value is -2.86. The molecular weight excluding hydrogens is 412 g/mol. The monoisotopic (exact) mass is 448 g/mol. The van der Waals surface area contributed by atoms with Crippen molar-refractivity contribution in [3.8, 4) is 0 Å². The molecule has 2 aliphatic rings. The topological polar surface area (TPSA) is 55.9 Å². The zero-order chi connectivity index (χ0) is 23.4. The molecule has 2 aromatic rings. The SMILES string of the molecule is Cc1cccc(N2CCN(C(=O)CCN(CC(=O)Nc3c(C)cccc3C)C3CC3)CC2)c1. The van der Waals surface area contributed by atoms with E-state index in [9.17, 15) is 9.59 Å². The van der Waals surface area contributed by atoms with E-state index in [0.29, 0.717) is 25.6 Å². The Balaban J connectivity index is 1.25. The van der Waals surface area contributed by atoms with E-state index in [2.05, 4.69) is 46.3 Å². The number of para-hydroxylation sites is 1. The van der Waals surface area contributed by atoms with Gasteiger partial charge in [-0.2, -0.15) is 0 Å². The Morgan fingerprint density at radius 1 is 0.970 bits per heavy atom. The van der Waals surface area contributed by atoms with E-state index in [1.54, 1.807) is 0 Å². The Bertz CT molecular complexity index is 973. The van der Waals surface area contributed by atoms with Crippen LogP contribution in [-0.4, -0.2) is 66.9 Å². The van der Waals surface area contributed by atoms with Crippen LogP contribution < -0.4 is 10.2 Å². The summed E-state index contributed by atoms with van der Waals surface area (Å²) in [4.78, 5) is 32.2. The normalized spacial score (nSPS) is 16.2. The van der Waals surface area contributed by atoms with Crippen molar-refractivity contribution in [3.05, 3.63) is 59.2 Å². The molecule has 1 aliphatic heterocycles. The lowest BCUT2D eigenvalue weighted by molar-refractivity contribution is -0.132. The number of piperazine rings is 1. The molecule has 0 unspecified atom stereocenters. The molecule has 2 aromatic carbocycles. The number of nitrogens with one attached hydrogen (secondary N) is 1. The van der Waals surface area contributed by atoms with Crippen LogP contribution >= 0.6 is 0 Å². The summed E-state index contributed by atoms with van der Waals surface area (Å²) < 4.78 is 0. The van der Waals surface area contributed by atoms with Gasteiger partial charge in [0, 0.05) is 56.6 Å². The first-order valence-corrected chi connectivity index (χ1v) is 12.1. The highest BCUT2D eigenvalue weighted by Gasteiger charge is 2.31. The standard InChI is InChI=1S/C27H36N4O2/c1-20-6-4-9-24(18-20)29-14-16-30(17-15-29)26(33)12-13-31(23-10-11-23)19-25(32)28-27-21(2)7-5-8-22(27)3/h4-9,18,23H,10-17,19H2,1-3H3,(H,28,32). The fourth-order valence-electron chi connectivity index (χ4n) is 4.64. The lowest BCUT2D eigenvalue weighted by atomic mass is 10.1. The molecule has 0 bridgehead atoms. The highest BCUT2D eigenvalue weighted by Crippen LogP contribution is 2.27.